The van der Waals surface area contributed by atoms with Gasteiger partial charge in [-0.1, -0.05) is 52.4 Å². The average molecular weight is 557 g/mol. The van der Waals surface area contributed by atoms with Crippen molar-refractivity contribution in [2.45, 2.75) is 16.2 Å². The molecule has 1 amide bonds. The summed E-state index contributed by atoms with van der Waals surface area (Å²) in [6, 6.07) is 10.7. The third-order valence-electron chi connectivity index (χ3n) is 4.50. The van der Waals surface area contributed by atoms with E-state index in [0.717, 1.165) is 33.0 Å². The highest BCUT2D eigenvalue weighted by molar-refractivity contribution is 8.01. The van der Waals surface area contributed by atoms with Gasteiger partial charge < -0.3 is 9.47 Å². The van der Waals surface area contributed by atoms with Crippen molar-refractivity contribution in [1.82, 2.24) is 10.2 Å². The van der Waals surface area contributed by atoms with Crippen LogP contribution in [-0.4, -0.2) is 57.0 Å². The minimum Gasteiger partial charge on any atom is -0.495 e. The number of ether oxygens (including phenoxy) is 2. The molecule has 1 aromatic heterocycles. The van der Waals surface area contributed by atoms with Crippen LogP contribution in [0.4, 0.5) is 10.8 Å². The fourth-order valence-electron chi connectivity index (χ4n) is 2.78. The molecule has 0 aliphatic rings. The zero-order chi connectivity index (χ0) is 25.6. The summed E-state index contributed by atoms with van der Waals surface area (Å²) in [7, 11) is -1.51. The summed E-state index contributed by atoms with van der Waals surface area (Å²) in [5.41, 5.74) is 0.980. The molecule has 0 aliphatic carbocycles. The van der Waals surface area contributed by atoms with E-state index in [1.165, 1.54) is 38.5 Å². The number of aryl methyl sites for hydroxylation is 1. The lowest BCUT2D eigenvalue weighted by Gasteiger charge is -2.25. The van der Waals surface area contributed by atoms with Crippen LogP contribution in [0, 0.1) is 6.92 Å². The molecule has 14 heteroatoms. The number of nitrogens with zero attached hydrogens (tertiary/aromatic N) is 3. The van der Waals surface area contributed by atoms with Gasteiger partial charge in [0, 0.05) is 5.02 Å². The second-order valence-corrected chi connectivity index (χ2v) is 11.4. The number of carbonyl (C=O) groups is 2. The lowest BCUT2D eigenvalue weighted by Crippen LogP contribution is -2.38. The van der Waals surface area contributed by atoms with Crippen molar-refractivity contribution >= 4 is 67.4 Å². The van der Waals surface area contributed by atoms with E-state index in [1.54, 1.807) is 18.2 Å². The number of halogens is 1. The number of carbonyl (C=O) groups excluding carboxylic acids is 2. The smallest absolute Gasteiger partial charge is 0.316 e. The van der Waals surface area contributed by atoms with Crippen LogP contribution in [-0.2, 0) is 24.3 Å². The molecule has 0 atom stereocenters. The van der Waals surface area contributed by atoms with E-state index in [4.69, 9.17) is 16.3 Å². The van der Waals surface area contributed by atoms with Crippen LogP contribution in [0.15, 0.2) is 51.7 Å². The van der Waals surface area contributed by atoms with Gasteiger partial charge >= 0.3 is 5.97 Å². The third-order valence-corrected chi connectivity index (χ3v) is 8.45. The summed E-state index contributed by atoms with van der Waals surface area (Å²) in [5, 5.41) is 10.7. The van der Waals surface area contributed by atoms with Gasteiger partial charge in [-0.2, -0.15) is 0 Å². The molecule has 0 bridgehead atoms. The van der Waals surface area contributed by atoms with Crippen LogP contribution in [0.5, 0.6) is 5.75 Å². The van der Waals surface area contributed by atoms with Gasteiger partial charge in [-0.15, -0.1) is 10.2 Å². The molecule has 35 heavy (non-hydrogen) atoms. The van der Waals surface area contributed by atoms with Crippen LogP contribution >= 0.6 is 34.7 Å². The molecule has 0 aliphatic heterocycles. The number of anilines is 2. The lowest BCUT2D eigenvalue weighted by molar-refractivity contribution is -0.137. The van der Waals surface area contributed by atoms with Gasteiger partial charge in [-0.05, 0) is 37.3 Å². The maximum absolute atomic E-state index is 13.6. The van der Waals surface area contributed by atoms with Gasteiger partial charge in [0.2, 0.25) is 11.0 Å². The van der Waals surface area contributed by atoms with Crippen LogP contribution in [0.3, 0.4) is 0 Å². The number of amides is 1. The third kappa shape index (κ3) is 6.84. The second kappa shape index (κ2) is 11.7. The summed E-state index contributed by atoms with van der Waals surface area (Å²) in [5.74, 6) is -0.835. The zero-order valence-electron chi connectivity index (χ0n) is 18.8. The van der Waals surface area contributed by atoms with Crippen LogP contribution < -0.4 is 14.4 Å². The number of sulfonamides is 1. The number of hydrogen-bond donors (Lipinski definition) is 1. The molecule has 10 nitrogen and oxygen atoms in total. The van der Waals surface area contributed by atoms with E-state index >= 15 is 0 Å². The highest BCUT2D eigenvalue weighted by Gasteiger charge is 2.30. The molecule has 0 saturated carbocycles. The van der Waals surface area contributed by atoms with Gasteiger partial charge in [-0.3, -0.25) is 19.2 Å². The topological polar surface area (TPSA) is 128 Å². The SMILES string of the molecule is COC(=O)CSc1nnc(NC(=O)CN(c2cc(Cl)ccc2OC)S(=O)(=O)c2ccc(C)cc2)s1. The molecule has 2 aromatic carbocycles. The lowest BCUT2D eigenvalue weighted by atomic mass is 10.2. The summed E-state index contributed by atoms with van der Waals surface area (Å²) < 4.78 is 38.4. The van der Waals surface area contributed by atoms with E-state index in [2.05, 4.69) is 20.3 Å². The van der Waals surface area contributed by atoms with E-state index in [9.17, 15) is 18.0 Å². The first-order chi connectivity index (χ1) is 16.6. The van der Waals surface area contributed by atoms with E-state index < -0.39 is 28.4 Å². The maximum atomic E-state index is 13.6. The Labute approximate surface area is 215 Å². The summed E-state index contributed by atoms with van der Waals surface area (Å²) in [6.07, 6.45) is 0. The van der Waals surface area contributed by atoms with Crippen molar-refractivity contribution < 1.29 is 27.5 Å². The molecule has 0 radical (unpaired) electrons. The molecular weight excluding hydrogens is 536 g/mol. The van der Waals surface area contributed by atoms with Gasteiger partial charge in [0.05, 0.1) is 30.6 Å². The molecule has 1 N–H and O–H groups in total. The average Bonchev–Trinajstić information content (AvgIpc) is 3.28. The van der Waals surface area contributed by atoms with E-state index in [1.807, 2.05) is 6.92 Å². The fraction of sp³-hybridized carbons (Fsp3) is 0.238. The van der Waals surface area contributed by atoms with Crippen molar-refractivity contribution in [3.05, 3.63) is 53.1 Å². The highest BCUT2D eigenvalue weighted by Crippen LogP contribution is 2.35. The molecule has 186 valence electrons. The highest BCUT2D eigenvalue weighted by atomic mass is 35.5. The number of hydrogen-bond acceptors (Lipinski definition) is 10. The molecule has 0 fully saturated rings. The Morgan fingerprint density at radius 1 is 1.14 bits per heavy atom. The minimum atomic E-state index is -4.18. The molecular formula is C21H21ClN4O6S3. The van der Waals surface area contributed by atoms with Crippen molar-refractivity contribution in [3.63, 3.8) is 0 Å². The zero-order valence-corrected chi connectivity index (χ0v) is 22.1. The number of aromatic nitrogens is 2. The molecule has 1 heterocycles. The Hall–Kier alpha value is -2.87. The van der Waals surface area contributed by atoms with Gasteiger partial charge in [0.1, 0.15) is 12.3 Å². The predicted octanol–water partition coefficient (Wildman–Crippen LogP) is 3.61. The van der Waals surface area contributed by atoms with Crippen LogP contribution in [0.2, 0.25) is 5.02 Å². The molecule has 3 rings (SSSR count). The van der Waals surface area contributed by atoms with Crippen molar-refractivity contribution in [3.8, 4) is 5.75 Å². The summed E-state index contributed by atoms with van der Waals surface area (Å²) >= 11 is 8.28. The second-order valence-electron chi connectivity index (χ2n) is 6.93. The van der Waals surface area contributed by atoms with Gasteiger partial charge in [0.25, 0.3) is 10.0 Å². The number of rotatable bonds is 10. The van der Waals surface area contributed by atoms with Crippen LogP contribution in [0.1, 0.15) is 5.56 Å². The number of nitrogens with one attached hydrogen (secondary N) is 1. The Balaban J connectivity index is 1.88. The molecule has 0 saturated heterocycles. The number of esters is 1. The standard InChI is InChI=1S/C21H21ClN4O6S3/c1-13-4-7-15(8-5-13)35(29,30)26(16-10-14(22)6-9-17(16)31-2)11-18(27)23-20-24-25-21(34-20)33-12-19(28)32-3/h4-10H,11-12H2,1-3H3,(H,23,24,27). The van der Waals surface area contributed by atoms with Crippen molar-refractivity contribution in [2.75, 3.05) is 36.1 Å². The minimum absolute atomic E-state index is 0.00431. The molecule has 0 unspecified atom stereocenters. The molecule has 0 spiro atoms. The number of thioether (sulfide) groups is 1. The van der Waals surface area contributed by atoms with E-state index in [-0.39, 0.29) is 32.2 Å². The Bertz CT molecular complexity index is 1310. The van der Waals surface area contributed by atoms with E-state index in [0.29, 0.717) is 4.34 Å². The Kier molecular flexibility index (Phi) is 8.94. The molecule has 3 aromatic rings. The number of methoxy groups -OCH3 is 2. The van der Waals surface area contributed by atoms with Crippen molar-refractivity contribution in [1.29, 1.82) is 0 Å². The van der Waals surface area contributed by atoms with Gasteiger partial charge in [-0.25, -0.2) is 8.42 Å². The monoisotopic (exact) mass is 556 g/mol. The number of benzene rings is 2. The summed E-state index contributed by atoms with van der Waals surface area (Å²) in [4.78, 5) is 24.2. The largest absolute Gasteiger partial charge is 0.495 e. The summed E-state index contributed by atoms with van der Waals surface area (Å²) in [6.45, 7) is 1.25. The first-order valence-electron chi connectivity index (χ1n) is 9.90. The Morgan fingerprint density at radius 2 is 1.86 bits per heavy atom. The first-order valence-corrected chi connectivity index (χ1v) is 13.5. The fourth-order valence-corrected chi connectivity index (χ4v) is 5.97. The predicted molar refractivity (Wildman–Crippen MR) is 135 cm³/mol. The van der Waals surface area contributed by atoms with Gasteiger partial charge in [0.15, 0.2) is 4.34 Å². The van der Waals surface area contributed by atoms with Crippen LogP contribution in [0.25, 0.3) is 0 Å². The first kappa shape index (κ1) is 26.7. The maximum Gasteiger partial charge on any atom is 0.316 e. The quantitative estimate of drug-likeness (QED) is 0.226. The normalized spacial score (nSPS) is 11.1. The Morgan fingerprint density at radius 3 is 2.51 bits per heavy atom. The van der Waals surface area contributed by atoms with Crippen molar-refractivity contribution in [2.24, 2.45) is 0 Å².